The third kappa shape index (κ3) is 5.14. The van der Waals surface area contributed by atoms with Crippen molar-refractivity contribution in [3.05, 3.63) is 71.8 Å². The Morgan fingerprint density at radius 3 is 2.31 bits per heavy atom. The second kappa shape index (κ2) is 8.94. The van der Waals surface area contributed by atoms with Gasteiger partial charge in [-0.3, -0.25) is 4.79 Å². The Morgan fingerprint density at radius 1 is 1.08 bits per heavy atom. The standard InChI is InChI=1S/C21H24O5/c1-23-21(15-17-8-4-2-5-9-17)13-12-19(25-26-21)14-20(22)24-16-18-10-6-3-7-11-18/h2-11,19H,12-16H2,1H3. The van der Waals surface area contributed by atoms with Gasteiger partial charge in [0.05, 0.1) is 6.42 Å². The zero-order valence-corrected chi connectivity index (χ0v) is 14.9. The first-order chi connectivity index (χ1) is 12.7. The van der Waals surface area contributed by atoms with Crippen molar-refractivity contribution in [3.8, 4) is 0 Å². The second-order valence-electron chi connectivity index (χ2n) is 6.47. The molecule has 5 heteroatoms. The van der Waals surface area contributed by atoms with E-state index in [1.54, 1.807) is 7.11 Å². The molecule has 0 bridgehead atoms. The summed E-state index contributed by atoms with van der Waals surface area (Å²) in [5.74, 6) is -1.11. The number of methoxy groups -OCH3 is 1. The minimum Gasteiger partial charge on any atom is -0.461 e. The molecule has 2 atom stereocenters. The summed E-state index contributed by atoms with van der Waals surface area (Å²) in [4.78, 5) is 23.0. The van der Waals surface area contributed by atoms with E-state index in [0.717, 1.165) is 11.1 Å². The van der Waals surface area contributed by atoms with Crippen LogP contribution in [0.1, 0.15) is 30.4 Å². The van der Waals surface area contributed by atoms with Crippen molar-refractivity contribution in [3.63, 3.8) is 0 Å². The van der Waals surface area contributed by atoms with Crippen molar-refractivity contribution in [2.24, 2.45) is 0 Å². The quantitative estimate of drug-likeness (QED) is 0.558. The Hall–Kier alpha value is -2.21. The molecule has 5 nitrogen and oxygen atoms in total. The van der Waals surface area contributed by atoms with Crippen LogP contribution in [0.4, 0.5) is 0 Å². The van der Waals surface area contributed by atoms with Crippen LogP contribution in [0.2, 0.25) is 0 Å². The van der Waals surface area contributed by atoms with E-state index in [4.69, 9.17) is 19.2 Å². The molecule has 1 aliphatic rings. The minimum absolute atomic E-state index is 0.165. The van der Waals surface area contributed by atoms with Crippen molar-refractivity contribution in [2.75, 3.05) is 7.11 Å². The highest BCUT2D eigenvalue weighted by Gasteiger charge is 2.39. The number of hydrogen-bond donors (Lipinski definition) is 0. The van der Waals surface area contributed by atoms with Crippen LogP contribution in [0.25, 0.3) is 0 Å². The Balaban J connectivity index is 1.45. The van der Waals surface area contributed by atoms with E-state index >= 15 is 0 Å². The fourth-order valence-corrected chi connectivity index (χ4v) is 2.98. The van der Waals surface area contributed by atoms with Gasteiger partial charge in [-0.2, -0.15) is 0 Å². The third-order valence-corrected chi connectivity index (χ3v) is 4.51. The molecule has 0 radical (unpaired) electrons. The van der Waals surface area contributed by atoms with Gasteiger partial charge in [-0.25, -0.2) is 9.78 Å². The normalized spacial score (nSPS) is 22.7. The van der Waals surface area contributed by atoms with Gasteiger partial charge >= 0.3 is 5.97 Å². The van der Waals surface area contributed by atoms with Crippen molar-refractivity contribution in [1.29, 1.82) is 0 Å². The molecule has 2 aromatic carbocycles. The maximum atomic E-state index is 12.0. The van der Waals surface area contributed by atoms with Gasteiger partial charge in [0, 0.05) is 20.0 Å². The van der Waals surface area contributed by atoms with E-state index in [2.05, 4.69) is 0 Å². The Morgan fingerprint density at radius 2 is 1.73 bits per heavy atom. The molecular formula is C21H24O5. The Kier molecular flexibility index (Phi) is 6.39. The van der Waals surface area contributed by atoms with Crippen LogP contribution in [-0.4, -0.2) is 25.0 Å². The molecule has 1 heterocycles. The van der Waals surface area contributed by atoms with Gasteiger partial charge in [0.15, 0.2) is 0 Å². The number of benzene rings is 2. The SMILES string of the molecule is COC1(Cc2ccccc2)CCC(CC(=O)OCc2ccccc2)OO1. The first-order valence-corrected chi connectivity index (χ1v) is 8.82. The topological polar surface area (TPSA) is 54.0 Å². The molecule has 1 saturated heterocycles. The van der Waals surface area contributed by atoms with Crippen molar-refractivity contribution >= 4 is 5.97 Å². The average molecular weight is 356 g/mol. The van der Waals surface area contributed by atoms with Gasteiger partial charge in [0.1, 0.15) is 12.7 Å². The monoisotopic (exact) mass is 356 g/mol. The molecule has 2 unspecified atom stereocenters. The highest BCUT2D eigenvalue weighted by atomic mass is 17.2. The molecule has 2 aromatic rings. The molecule has 0 spiro atoms. The van der Waals surface area contributed by atoms with E-state index in [1.807, 2.05) is 60.7 Å². The molecule has 0 aromatic heterocycles. The van der Waals surface area contributed by atoms with E-state index in [9.17, 15) is 4.79 Å². The molecule has 0 amide bonds. The van der Waals surface area contributed by atoms with E-state index < -0.39 is 5.79 Å². The number of carbonyl (C=O) groups excluding carboxylic acids is 1. The largest absolute Gasteiger partial charge is 0.461 e. The van der Waals surface area contributed by atoms with Crippen LogP contribution in [0.5, 0.6) is 0 Å². The highest BCUT2D eigenvalue weighted by Crippen LogP contribution is 2.32. The zero-order valence-electron chi connectivity index (χ0n) is 14.9. The van der Waals surface area contributed by atoms with Gasteiger partial charge in [-0.15, -0.1) is 0 Å². The molecule has 0 N–H and O–H groups in total. The molecule has 0 aliphatic carbocycles. The van der Waals surface area contributed by atoms with Gasteiger partial charge < -0.3 is 9.47 Å². The van der Waals surface area contributed by atoms with Crippen molar-refractivity contribution in [1.82, 2.24) is 0 Å². The predicted molar refractivity (Wildman–Crippen MR) is 95.9 cm³/mol. The summed E-state index contributed by atoms with van der Waals surface area (Å²) in [6, 6.07) is 19.6. The first kappa shape index (κ1) is 18.6. The van der Waals surface area contributed by atoms with Crippen LogP contribution in [0.3, 0.4) is 0 Å². The van der Waals surface area contributed by atoms with Crippen LogP contribution in [0.15, 0.2) is 60.7 Å². The van der Waals surface area contributed by atoms with Gasteiger partial charge in [0.25, 0.3) is 0 Å². The number of esters is 1. The lowest BCUT2D eigenvalue weighted by molar-refractivity contribution is -0.464. The summed E-state index contributed by atoms with van der Waals surface area (Å²) in [5.41, 5.74) is 2.07. The highest BCUT2D eigenvalue weighted by molar-refractivity contribution is 5.70. The molecule has 0 saturated carbocycles. The van der Waals surface area contributed by atoms with Crippen molar-refractivity contribution in [2.45, 2.75) is 44.2 Å². The fourth-order valence-electron chi connectivity index (χ4n) is 2.98. The van der Waals surface area contributed by atoms with E-state index in [-0.39, 0.29) is 25.1 Å². The zero-order chi connectivity index (χ0) is 18.2. The Labute approximate surface area is 153 Å². The van der Waals surface area contributed by atoms with Crippen LogP contribution in [0, 0.1) is 0 Å². The van der Waals surface area contributed by atoms with E-state index in [1.165, 1.54) is 0 Å². The summed E-state index contributed by atoms with van der Waals surface area (Å²) >= 11 is 0. The summed E-state index contributed by atoms with van der Waals surface area (Å²) in [5, 5.41) is 0. The van der Waals surface area contributed by atoms with Crippen LogP contribution < -0.4 is 0 Å². The van der Waals surface area contributed by atoms with Crippen LogP contribution in [-0.2, 0) is 37.1 Å². The fraction of sp³-hybridized carbons (Fsp3) is 0.381. The van der Waals surface area contributed by atoms with Crippen molar-refractivity contribution < 1.29 is 24.0 Å². The summed E-state index contributed by atoms with van der Waals surface area (Å²) < 4.78 is 10.9. The molecular weight excluding hydrogens is 332 g/mol. The molecule has 1 aliphatic heterocycles. The Bertz CT molecular complexity index is 678. The number of ether oxygens (including phenoxy) is 2. The molecule has 3 rings (SSSR count). The summed E-state index contributed by atoms with van der Waals surface area (Å²) in [6.45, 7) is 0.267. The van der Waals surface area contributed by atoms with Gasteiger partial charge in [0.2, 0.25) is 5.79 Å². The van der Waals surface area contributed by atoms with Crippen LogP contribution >= 0.6 is 0 Å². The second-order valence-corrected chi connectivity index (χ2v) is 6.47. The smallest absolute Gasteiger partial charge is 0.308 e. The first-order valence-electron chi connectivity index (χ1n) is 8.82. The number of hydrogen-bond acceptors (Lipinski definition) is 5. The number of carbonyl (C=O) groups is 1. The average Bonchev–Trinajstić information content (AvgIpc) is 2.70. The molecule has 26 heavy (non-hydrogen) atoms. The maximum Gasteiger partial charge on any atom is 0.308 e. The predicted octanol–water partition coefficient (Wildman–Crippen LogP) is 3.82. The lowest BCUT2D eigenvalue weighted by atomic mass is 9.97. The van der Waals surface area contributed by atoms with Gasteiger partial charge in [-0.1, -0.05) is 60.7 Å². The summed E-state index contributed by atoms with van der Waals surface area (Å²) in [7, 11) is 1.61. The molecule has 138 valence electrons. The lowest BCUT2D eigenvalue weighted by Gasteiger charge is -2.37. The molecule has 1 fully saturated rings. The number of rotatable bonds is 7. The third-order valence-electron chi connectivity index (χ3n) is 4.51. The lowest BCUT2D eigenvalue weighted by Crippen LogP contribution is -2.44. The maximum absolute atomic E-state index is 12.0. The van der Waals surface area contributed by atoms with E-state index in [0.29, 0.717) is 19.3 Å². The summed E-state index contributed by atoms with van der Waals surface area (Å²) in [6.07, 6.45) is 1.75. The minimum atomic E-state index is -0.814. The van der Waals surface area contributed by atoms with Gasteiger partial charge in [-0.05, 0) is 17.5 Å².